The van der Waals surface area contributed by atoms with E-state index in [1.54, 1.807) is 23.3 Å². The van der Waals surface area contributed by atoms with Gasteiger partial charge in [0.05, 0.1) is 22.7 Å². The zero-order chi connectivity index (χ0) is 18.1. The van der Waals surface area contributed by atoms with Crippen LogP contribution in [0.2, 0.25) is 0 Å². The lowest BCUT2D eigenvalue weighted by Crippen LogP contribution is -2.29. The van der Waals surface area contributed by atoms with Crippen LogP contribution in [0.4, 0.5) is 5.13 Å². The Labute approximate surface area is 155 Å². The fraction of sp³-hybridized carbons (Fsp3) is 0.333. The van der Waals surface area contributed by atoms with Crippen LogP contribution >= 0.6 is 22.7 Å². The van der Waals surface area contributed by atoms with E-state index in [2.05, 4.69) is 4.98 Å². The molecule has 3 rings (SSSR count). The average molecular weight is 376 g/mol. The van der Waals surface area contributed by atoms with Crippen molar-refractivity contribution in [2.75, 3.05) is 33.2 Å². The van der Waals surface area contributed by atoms with Crippen molar-refractivity contribution in [2.45, 2.75) is 13.0 Å². The Bertz CT molecular complexity index is 869. The summed E-state index contributed by atoms with van der Waals surface area (Å²) >= 11 is 3.05. The number of hydrogen-bond acceptors (Lipinski definition) is 6. The van der Waals surface area contributed by atoms with E-state index < -0.39 is 0 Å². The van der Waals surface area contributed by atoms with Gasteiger partial charge in [0.15, 0.2) is 5.13 Å². The minimum atomic E-state index is -0.0888. The lowest BCUT2D eigenvalue weighted by molar-refractivity contribution is 0.0746. The minimum Gasteiger partial charge on any atom is -0.496 e. The summed E-state index contributed by atoms with van der Waals surface area (Å²) in [7, 11) is 7.41. The first kappa shape index (κ1) is 17.7. The standard InChI is InChI=1S/C18H21N3O2S2/c1-11(12-8-6-7-9-13(12)23-5)21(4)17(22)15-10-14-16(24-15)19-18(25-14)20(2)3/h6-11H,1-5H3. The van der Waals surface area contributed by atoms with E-state index >= 15 is 0 Å². The number of thiophene rings is 1. The van der Waals surface area contributed by atoms with Crippen LogP contribution in [0, 0.1) is 0 Å². The third-order valence-electron chi connectivity index (χ3n) is 4.16. The zero-order valence-corrected chi connectivity index (χ0v) is 16.6. The van der Waals surface area contributed by atoms with E-state index in [4.69, 9.17) is 4.74 Å². The molecule has 1 atom stereocenters. The number of ether oxygens (including phenoxy) is 1. The number of benzene rings is 1. The van der Waals surface area contributed by atoms with Gasteiger partial charge in [-0.1, -0.05) is 29.5 Å². The molecule has 25 heavy (non-hydrogen) atoms. The first-order chi connectivity index (χ1) is 11.9. The summed E-state index contributed by atoms with van der Waals surface area (Å²) in [5.41, 5.74) is 0.993. The number of methoxy groups -OCH3 is 1. The maximum absolute atomic E-state index is 12.9. The predicted octanol–water partition coefficient (Wildman–Crippen LogP) is 4.27. The van der Waals surface area contributed by atoms with Gasteiger partial charge in [-0.25, -0.2) is 4.98 Å². The molecule has 2 heterocycles. The number of rotatable bonds is 5. The number of carbonyl (C=O) groups excluding carboxylic acids is 1. The number of nitrogens with zero attached hydrogens (tertiary/aromatic N) is 3. The Morgan fingerprint density at radius 3 is 2.56 bits per heavy atom. The predicted molar refractivity (Wildman–Crippen MR) is 105 cm³/mol. The van der Waals surface area contributed by atoms with Crippen LogP contribution in [0.1, 0.15) is 28.2 Å². The number of para-hydroxylation sites is 1. The lowest BCUT2D eigenvalue weighted by atomic mass is 10.1. The summed E-state index contributed by atoms with van der Waals surface area (Å²) in [5, 5.41) is 0.955. The maximum Gasteiger partial charge on any atom is 0.264 e. The van der Waals surface area contributed by atoms with Gasteiger partial charge < -0.3 is 14.5 Å². The number of anilines is 1. The molecular weight excluding hydrogens is 354 g/mol. The van der Waals surface area contributed by atoms with Crippen molar-refractivity contribution in [2.24, 2.45) is 0 Å². The first-order valence-corrected chi connectivity index (χ1v) is 9.53. The number of carbonyl (C=O) groups is 1. The van der Waals surface area contributed by atoms with Gasteiger partial charge in [0.25, 0.3) is 5.91 Å². The molecule has 7 heteroatoms. The number of aromatic nitrogens is 1. The van der Waals surface area contributed by atoms with E-state index in [-0.39, 0.29) is 11.9 Å². The van der Waals surface area contributed by atoms with E-state index in [0.717, 1.165) is 26.0 Å². The fourth-order valence-electron chi connectivity index (χ4n) is 2.59. The van der Waals surface area contributed by atoms with Crippen LogP contribution in [0.25, 0.3) is 9.53 Å². The van der Waals surface area contributed by atoms with Gasteiger partial charge in [-0.05, 0) is 19.1 Å². The molecule has 5 nitrogen and oxygen atoms in total. The SMILES string of the molecule is COc1ccccc1C(C)N(C)C(=O)c1cc2sc(N(C)C)nc2s1. The summed E-state index contributed by atoms with van der Waals surface area (Å²) in [5.74, 6) is 0.791. The van der Waals surface area contributed by atoms with E-state index in [9.17, 15) is 4.79 Å². The molecule has 0 aliphatic heterocycles. The van der Waals surface area contributed by atoms with Gasteiger partial charge in [-0.3, -0.25) is 4.79 Å². The second-order valence-corrected chi connectivity index (χ2v) is 8.04. The second kappa shape index (κ2) is 7.01. The maximum atomic E-state index is 12.9. The fourth-order valence-corrected chi connectivity index (χ4v) is 4.71. The van der Waals surface area contributed by atoms with E-state index in [0.29, 0.717) is 4.88 Å². The van der Waals surface area contributed by atoms with Crippen molar-refractivity contribution in [1.82, 2.24) is 9.88 Å². The smallest absolute Gasteiger partial charge is 0.264 e. The highest BCUT2D eigenvalue weighted by atomic mass is 32.1. The Morgan fingerprint density at radius 2 is 1.92 bits per heavy atom. The van der Waals surface area contributed by atoms with E-state index in [1.165, 1.54) is 11.3 Å². The molecule has 0 aliphatic carbocycles. The normalized spacial score (nSPS) is 12.2. The van der Waals surface area contributed by atoms with Crippen LogP contribution < -0.4 is 9.64 Å². The molecule has 0 aliphatic rings. The van der Waals surface area contributed by atoms with Gasteiger partial charge in [0.2, 0.25) is 0 Å². The monoisotopic (exact) mass is 375 g/mol. The number of fused-ring (bicyclic) bond motifs is 1. The molecule has 2 aromatic heterocycles. The average Bonchev–Trinajstić information content (AvgIpc) is 3.18. The number of hydrogen-bond donors (Lipinski definition) is 0. The second-order valence-electron chi connectivity index (χ2n) is 6.00. The van der Waals surface area contributed by atoms with Crippen molar-refractivity contribution >= 4 is 43.2 Å². The third-order valence-corrected chi connectivity index (χ3v) is 6.48. The van der Waals surface area contributed by atoms with Gasteiger partial charge in [0, 0.05) is 26.7 Å². The topological polar surface area (TPSA) is 45.7 Å². The molecule has 0 saturated carbocycles. The highest BCUT2D eigenvalue weighted by Crippen LogP contribution is 2.35. The number of thiazole rings is 1. The van der Waals surface area contributed by atoms with Crippen molar-refractivity contribution in [3.8, 4) is 5.75 Å². The molecule has 1 amide bonds. The summed E-state index contributed by atoms with van der Waals surface area (Å²) in [6.45, 7) is 2.01. The molecule has 1 unspecified atom stereocenters. The molecule has 0 bridgehead atoms. The summed E-state index contributed by atoms with van der Waals surface area (Å²) in [6, 6.07) is 9.65. The Hall–Kier alpha value is -2.12. The molecule has 132 valence electrons. The Balaban J connectivity index is 1.85. The third kappa shape index (κ3) is 3.34. The van der Waals surface area contributed by atoms with Gasteiger partial charge in [-0.2, -0.15) is 0 Å². The summed E-state index contributed by atoms with van der Waals surface area (Å²) in [6.07, 6.45) is 0. The highest BCUT2D eigenvalue weighted by Gasteiger charge is 2.23. The quantitative estimate of drug-likeness (QED) is 0.668. The van der Waals surface area contributed by atoms with E-state index in [1.807, 2.05) is 63.3 Å². The molecule has 0 fully saturated rings. The molecule has 0 radical (unpaired) electrons. The van der Waals surface area contributed by atoms with Crippen molar-refractivity contribution in [1.29, 1.82) is 0 Å². The van der Waals surface area contributed by atoms with Crippen LogP contribution in [0.15, 0.2) is 30.3 Å². The summed E-state index contributed by atoms with van der Waals surface area (Å²) in [4.78, 5) is 22.8. The van der Waals surface area contributed by atoms with Gasteiger partial charge in [0.1, 0.15) is 10.6 Å². The first-order valence-electron chi connectivity index (χ1n) is 7.90. The molecule has 0 saturated heterocycles. The van der Waals surface area contributed by atoms with Crippen LogP contribution in [0.3, 0.4) is 0 Å². The molecular formula is C18H21N3O2S2. The largest absolute Gasteiger partial charge is 0.496 e. The molecule has 1 aromatic carbocycles. The van der Waals surface area contributed by atoms with Crippen LogP contribution in [-0.4, -0.2) is 44.0 Å². The van der Waals surface area contributed by atoms with Crippen molar-refractivity contribution < 1.29 is 9.53 Å². The van der Waals surface area contributed by atoms with Gasteiger partial charge in [-0.15, -0.1) is 11.3 Å². The minimum absolute atomic E-state index is 0.00000850. The molecule has 0 N–H and O–H groups in total. The van der Waals surface area contributed by atoms with Crippen LogP contribution in [0.5, 0.6) is 5.75 Å². The van der Waals surface area contributed by atoms with Crippen LogP contribution in [-0.2, 0) is 0 Å². The van der Waals surface area contributed by atoms with Crippen molar-refractivity contribution in [3.05, 3.63) is 40.8 Å². The highest BCUT2D eigenvalue weighted by molar-refractivity contribution is 7.29. The Kier molecular flexibility index (Phi) is 4.96. The molecule has 0 spiro atoms. The van der Waals surface area contributed by atoms with Gasteiger partial charge >= 0.3 is 0 Å². The number of amides is 1. The Morgan fingerprint density at radius 1 is 1.20 bits per heavy atom. The molecule has 3 aromatic rings. The zero-order valence-electron chi connectivity index (χ0n) is 14.9. The summed E-state index contributed by atoms with van der Waals surface area (Å²) < 4.78 is 6.48. The lowest BCUT2D eigenvalue weighted by Gasteiger charge is -2.26. The van der Waals surface area contributed by atoms with Crippen molar-refractivity contribution in [3.63, 3.8) is 0 Å².